The normalized spacial score (nSPS) is 12.8. The molecule has 1 atom stereocenters. The highest BCUT2D eigenvalue weighted by molar-refractivity contribution is 6.83. The van der Waals surface area contributed by atoms with Crippen LogP contribution in [0.2, 0.25) is 19.6 Å². The number of benzene rings is 1. The Morgan fingerprint density at radius 3 is 2.19 bits per heavy atom. The zero-order chi connectivity index (χ0) is 12.2. The van der Waals surface area contributed by atoms with Gasteiger partial charge in [-0.05, 0) is 24.1 Å². The molecule has 0 spiro atoms. The average Bonchev–Trinajstić information content (AvgIpc) is 2.25. The van der Waals surface area contributed by atoms with Gasteiger partial charge in [-0.25, -0.2) is 0 Å². The van der Waals surface area contributed by atoms with Crippen LogP contribution < -0.4 is 0 Å². The second-order valence-electron chi connectivity index (χ2n) is 5.05. The molecule has 1 aromatic rings. The second-order valence-corrected chi connectivity index (χ2v) is 9.80. The SMILES string of the molecule is CC[C@H](O)c1ccc(C#C[Si](C)(C)C)cc1. The fourth-order valence-corrected chi connectivity index (χ4v) is 1.80. The van der Waals surface area contributed by atoms with Crippen molar-refractivity contribution in [3.63, 3.8) is 0 Å². The van der Waals surface area contributed by atoms with Crippen LogP contribution in [0, 0.1) is 11.5 Å². The lowest BCUT2D eigenvalue weighted by molar-refractivity contribution is 0.173. The van der Waals surface area contributed by atoms with Crippen molar-refractivity contribution in [1.82, 2.24) is 0 Å². The molecule has 2 heteroatoms. The number of hydrogen-bond acceptors (Lipinski definition) is 1. The van der Waals surface area contributed by atoms with E-state index in [9.17, 15) is 5.11 Å². The molecule has 0 unspecified atom stereocenters. The predicted octanol–water partition coefficient (Wildman–Crippen LogP) is 3.36. The van der Waals surface area contributed by atoms with Crippen molar-refractivity contribution in [2.24, 2.45) is 0 Å². The van der Waals surface area contributed by atoms with Crippen LogP contribution in [-0.2, 0) is 0 Å². The summed E-state index contributed by atoms with van der Waals surface area (Å²) in [5, 5.41) is 9.65. The number of aliphatic hydroxyl groups excluding tert-OH is 1. The highest BCUT2D eigenvalue weighted by Crippen LogP contribution is 2.16. The number of aliphatic hydroxyl groups is 1. The first-order valence-corrected chi connectivity index (χ1v) is 9.23. The van der Waals surface area contributed by atoms with Crippen LogP contribution in [0.3, 0.4) is 0 Å². The van der Waals surface area contributed by atoms with Crippen LogP contribution in [-0.4, -0.2) is 13.2 Å². The summed E-state index contributed by atoms with van der Waals surface area (Å²) >= 11 is 0. The molecule has 0 heterocycles. The Balaban J connectivity index is 2.82. The van der Waals surface area contributed by atoms with Gasteiger partial charge in [-0.15, -0.1) is 5.54 Å². The number of hydrogen-bond donors (Lipinski definition) is 1. The Hall–Kier alpha value is -1.04. The molecule has 0 aliphatic heterocycles. The van der Waals surface area contributed by atoms with E-state index in [1.165, 1.54) is 0 Å². The summed E-state index contributed by atoms with van der Waals surface area (Å²) in [5.74, 6) is 3.20. The monoisotopic (exact) mass is 232 g/mol. The summed E-state index contributed by atoms with van der Waals surface area (Å²) in [6.45, 7) is 8.67. The summed E-state index contributed by atoms with van der Waals surface area (Å²) in [5.41, 5.74) is 5.34. The van der Waals surface area contributed by atoms with Gasteiger partial charge in [0.05, 0.1) is 6.10 Å². The maximum Gasteiger partial charge on any atom is 0.129 e. The van der Waals surface area contributed by atoms with Crippen molar-refractivity contribution in [2.75, 3.05) is 0 Å². The van der Waals surface area contributed by atoms with Gasteiger partial charge in [-0.2, -0.15) is 0 Å². The molecule has 0 aromatic heterocycles. The van der Waals surface area contributed by atoms with Crippen LogP contribution in [0.25, 0.3) is 0 Å². The Morgan fingerprint density at radius 1 is 1.19 bits per heavy atom. The molecule has 1 nitrogen and oxygen atoms in total. The van der Waals surface area contributed by atoms with E-state index in [4.69, 9.17) is 0 Å². The molecule has 0 radical (unpaired) electrons. The third-order valence-electron chi connectivity index (χ3n) is 2.26. The highest BCUT2D eigenvalue weighted by atomic mass is 28.3. The minimum Gasteiger partial charge on any atom is -0.388 e. The van der Waals surface area contributed by atoms with Gasteiger partial charge in [-0.3, -0.25) is 0 Å². The molecule has 1 aromatic carbocycles. The number of rotatable bonds is 2. The Bertz CT molecular complexity index is 389. The van der Waals surface area contributed by atoms with E-state index in [0.29, 0.717) is 0 Å². The Morgan fingerprint density at radius 2 is 1.75 bits per heavy atom. The topological polar surface area (TPSA) is 20.2 Å². The third-order valence-corrected chi connectivity index (χ3v) is 3.14. The van der Waals surface area contributed by atoms with Crippen molar-refractivity contribution >= 4 is 8.07 Å². The molecule has 16 heavy (non-hydrogen) atoms. The first-order valence-electron chi connectivity index (χ1n) is 5.73. The first kappa shape index (κ1) is 13.0. The molecule has 0 aliphatic carbocycles. The van der Waals surface area contributed by atoms with Gasteiger partial charge in [0.2, 0.25) is 0 Å². The fraction of sp³-hybridized carbons (Fsp3) is 0.429. The summed E-state index contributed by atoms with van der Waals surface area (Å²) in [7, 11) is -1.29. The van der Waals surface area contributed by atoms with Gasteiger partial charge in [0.15, 0.2) is 0 Å². The maximum atomic E-state index is 9.65. The van der Waals surface area contributed by atoms with Gasteiger partial charge >= 0.3 is 0 Å². The van der Waals surface area contributed by atoms with Crippen LogP contribution in [0.5, 0.6) is 0 Å². The largest absolute Gasteiger partial charge is 0.388 e. The lowest BCUT2D eigenvalue weighted by Crippen LogP contribution is -2.16. The molecule has 0 fully saturated rings. The van der Waals surface area contributed by atoms with Crippen LogP contribution in [0.15, 0.2) is 24.3 Å². The quantitative estimate of drug-likeness (QED) is 0.612. The highest BCUT2D eigenvalue weighted by Gasteiger charge is 2.07. The maximum absolute atomic E-state index is 9.65. The zero-order valence-corrected chi connectivity index (χ0v) is 11.5. The molecule has 0 amide bonds. The first-order chi connectivity index (χ1) is 7.42. The van der Waals surface area contributed by atoms with E-state index in [1.54, 1.807) is 0 Å². The van der Waals surface area contributed by atoms with Crippen molar-refractivity contribution in [3.8, 4) is 11.5 Å². The van der Waals surface area contributed by atoms with E-state index in [1.807, 2.05) is 31.2 Å². The van der Waals surface area contributed by atoms with E-state index < -0.39 is 8.07 Å². The van der Waals surface area contributed by atoms with E-state index in [-0.39, 0.29) is 6.10 Å². The predicted molar refractivity (Wildman–Crippen MR) is 71.9 cm³/mol. The third kappa shape index (κ3) is 4.22. The lowest BCUT2D eigenvalue weighted by Gasteiger charge is -2.07. The molecular formula is C14H20OSi. The van der Waals surface area contributed by atoms with Crippen molar-refractivity contribution in [3.05, 3.63) is 35.4 Å². The van der Waals surface area contributed by atoms with Crippen molar-refractivity contribution in [1.29, 1.82) is 0 Å². The van der Waals surface area contributed by atoms with Crippen molar-refractivity contribution < 1.29 is 5.11 Å². The molecular weight excluding hydrogens is 212 g/mol. The van der Waals surface area contributed by atoms with E-state index in [2.05, 4.69) is 31.1 Å². The summed E-state index contributed by atoms with van der Waals surface area (Å²) < 4.78 is 0. The fourth-order valence-electron chi connectivity index (χ4n) is 1.28. The summed E-state index contributed by atoms with van der Waals surface area (Å²) in [6, 6.07) is 7.90. The van der Waals surface area contributed by atoms with Gasteiger partial charge in [0, 0.05) is 5.56 Å². The van der Waals surface area contributed by atoms with Crippen LogP contribution >= 0.6 is 0 Å². The second kappa shape index (κ2) is 5.34. The van der Waals surface area contributed by atoms with Crippen LogP contribution in [0.1, 0.15) is 30.6 Å². The minimum atomic E-state index is -1.29. The summed E-state index contributed by atoms with van der Waals surface area (Å²) in [6.07, 6.45) is 0.402. The molecule has 0 bridgehead atoms. The molecule has 86 valence electrons. The van der Waals surface area contributed by atoms with Gasteiger partial charge in [0.1, 0.15) is 8.07 Å². The smallest absolute Gasteiger partial charge is 0.129 e. The molecule has 1 N–H and O–H groups in total. The van der Waals surface area contributed by atoms with Gasteiger partial charge in [-0.1, -0.05) is 44.6 Å². The standard InChI is InChI=1S/C14H20OSi/c1-5-14(15)13-8-6-12(7-9-13)10-11-16(2,3)4/h6-9,14-15H,5H2,1-4H3/t14-/m0/s1. The van der Waals surface area contributed by atoms with Gasteiger partial charge in [0.25, 0.3) is 0 Å². The van der Waals surface area contributed by atoms with Crippen LogP contribution in [0.4, 0.5) is 0 Å². The van der Waals surface area contributed by atoms with Gasteiger partial charge < -0.3 is 5.11 Å². The average molecular weight is 232 g/mol. The molecule has 1 rings (SSSR count). The lowest BCUT2D eigenvalue weighted by atomic mass is 10.1. The van der Waals surface area contributed by atoms with E-state index in [0.717, 1.165) is 17.5 Å². The van der Waals surface area contributed by atoms with E-state index >= 15 is 0 Å². The Labute approximate surface area is 99.5 Å². The Kier molecular flexibility index (Phi) is 4.34. The molecule has 0 saturated carbocycles. The minimum absolute atomic E-state index is 0.348. The molecule has 0 aliphatic rings. The summed E-state index contributed by atoms with van der Waals surface area (Å²) in [4.78, 5) is 0. The zero-order valence-electron chi connectivity index (χ0n) is 10.5. The molecule has 0 saturated heterocycles. The van der Waals surface area contributed by atoms with Crippen molar-refractivity contribution in [2.45, 2.75) is 39.1 Å².